The maximum atomic E-state index is 13.6. The van der Waals surface area contributed by atoms with E-state index in [0.29, 0.717) is 71.6 Å². The van der Waals surface area contributed by atoms with E-state index in [9.17, 15) is 39.0 Å². The van der Waals surface area contributed by atoms with Crippen molar-refractivity contribution >= 4 is 78.7 Å². The number of benzene rings is 5. The minimum Gasteiger partial charge on any atom is -0.550 e. The summed E-state index contributed by atoms with van der Waals surface area (Å²) in [5, 5.41) is 27.4. The first-order valence-corrected chi connectivity index (χ1v) is 15.5. The largest absolute Gasteiger partial charge is 1.00 e. The standard InChI is InChI=1S/C36H30N2O8.2K/c39-27(40)7-3-1-5-17-37-33(43)23-13-9-19-21-11-15-25-32-26(36(46)38(35(25)45)18-6-2-4-8-28(41)42)16-12-22(30(21)32)20-10-14-24(34(37)44)31(23)29(19)20;;/h9-16H,1-8,17-18H2,(H,39,40)(H,41,42);;/q;2*+1/p-2. The van der Waals surface area contributed by atoms with Crippen LogP contribution in [-0.4, -0.2) is 58.5 Å². The number of carbonyl (C=O) groups excluding carboxylic acids is 6. The summed E-state index contributed by atoms with van der Waals surface area (Å²) >= 11 is 0. The molecule has 0 aliphatic carbocycles. The molecule has 0 aromatic heterocycles. The molecule has 0 unspecified atom stereocenters. The molecule has 2 aliphatic rings. The van der Waals surface area contributed by atoms with Crippen LogP contribution < -0.4 is 113 Å². The van der Waals surface area contributed by atoms with Crippen molar-refractivity contribution in [3.63, 3.8) is 0 Å². The molecule has 0 radical (unpaired) electrons. The minimum atomic E-state index is -1.12. The third kappa shape index (κ3) is 6.23. The van der Waals surface area contributed by atoms with Crippen LogP contribution in [0.5, 0.6) is 0 Å². The van der Waals surface area contributed by atoms with E-state index >= 15 is 0 Å². The molecule has 2 aliphatic heterocycles. The van der Waals surface area contributed by atoms with E-state index in [1.165, 1.54) is 9.80 Å². The number of carboxylic acid groups (broad SMARTS) is 2. The fourth-order valence-corrected chi connectivity index (χ4v) is 7.21. The van der Waals surface area contributed by atoms with Gasteiger partial charge >= 0.3 is 103 Å². The van der Waals surface area contributed by atoms with Crippen molar-refractivity contribution < 1.29 is 142 Å². The Balaban J connectivity index is 0.00000225. The number of carboxylic acids is 2. The zero-order valence-electron chi connectivity index (χ0n) is 26.9. The Bertz CT molecular complexity index is 1910. The van der Waals surface area contributed by atoms with Gasteiger partial charge in [0.2, 0.25) is 0 Å². The van der Waals surface area contributed by atoms with E-state index in [0.717, 1.165) is 32.3 Å². The van der Waals surface area contributed by atoms with E-state index in [4.69, 9.17) is 0 Å². The molecular weight excluding hydrogens is 667 g/mol. The van der Waals surface area contributed by atoms with Crippen LogP contribution in [0.4, 0.5) is 0 Å². The number of nitrogens with zero attached hydrogens (tertiary/aromatic N) is 2. The first-order valence-electron chi connectivity index (χ1n) is 15.5. The van der Waals surface area contributed by atoms with Crippen LogP contribution in [0.3, 0.4) is 0 Å². The van der Waals surface area contributed by atoms with E-state index in [1.54, 1.807) is 24.3 Å². The third-order valence-corrected chi connectivity index (χ3v) is 9.33. The molecule has 10 nitrogen and oxygen atoms in total. The summed E-state index contributed by atoms with van der Waals surface area (Å²) in [6, 6.07) is 14.3. The number of carbonyl (C=O) groups is 6. The third-order valence-electron chi connectivity index (χ3n) is 9.33. The molecule has 232 valence electrons. The van der Waals surface area contributed by atoms with Crippen LogP contribution in [0.25, 0.3) is 43.1 Å². The van der Waals surface area contributed by atoms with Crippen LogP contribution in [0.2, 0.25) is 0 Å². The van der Waals surface area contributed by atoms with Crippen molar-refractivity contribution in [1.29, 1.82) is 0 Å². The average molecular weight is 695 g/mol. The Kier molecular flexibility index (Phi) is 11.6. The number of amides is 4. The van der Waals surface area contributed by atoms with E-state index in [1.807, 2.05) is 24.3 Å². The SMILES string of the molecule is O=C([O-])CCCCCN1C(=O)c2ccc3c4ccc5c6c(ccc(c7ccc(c2c37)C1=O)c64)C(=O)N(CCCCCC(=O)[O-])C5=O.[K+].[K+]. The second kappa shape index (κ2) is 15.0. The Labute approximate surface area is 360 Å². The fourth-order valence-electron chi connectivity index (χ4n) is 7.21. The van der Waals surface area contributed by atoms with Crippen molar-refractivity contribution in [1.82, 2.24) is 9.80 Å². The number of rotatable bonds is 12. The van der Waals surface area contributed by atoms with Crippen LogP contribution in [0, 0.1) is 0 Å². The molecule has 0 spiro atoms. The van der Waals surface area contributed by atoms with Crippen LogP contribution in [0.15, 0.2) is 48.5 Å². The van der Waals surface area contributed by atoms with E-state index in [-0.39, 0.29) is 129 Å². The molecule has 0 bridgehead atoms. The van der Waals surface area contributed by atoms with E-state index < -0.39 is 35.6 Å². The molecule has 5 aromatic carbocycles. The van der Waals surface area contributed by atoms with Crippen molar-refractivity contribution in [2.24, 2.45) is 0 Å². The van der Waals surface area contributed by atoms with Crippen LogP contribution in [-0.2, 0) is 9.59 Å². The maximum Gasteiger partial charge on any atom is 1.00 e. The zero-order chi connectivity index (χ0) is 32.3. The topological polar surface area (TPSA) is 155 Å². The molecule has 4 amide bonds. The van der Waals surface area contributed by atoms with Gasteiger partial charge in [-0.3, -0.25) is 29.0 Å². The zero-order valence-corrected chi connectivity index (χ0v) is 33.1. The smallest absolute Gasteiger partial charge is 0.550 e. The van der Waals surface area contributed by atoms with E-state index in [2.05, 4.69) is 0 Å². The Morgan fingerprint density at radius 2 is 0.729 bits per heavy atom. The summed E-state index contributed by atoms with van der Waals surface area (Å²) in [4.78, 5) is 78.4. The number of hydrogen-bond donors (Lipinski definition) is 0. The Morgan fingerprint density at radius 3 is 1.00 bits per heavy atom. The second-order valence-corrected chi connectivity index (χ2v) is 12.0. The molecule has 0 saturated carbocycles. The number of imide groups is 2. The van der Waals surface area contributed by atoms with Gasteiger partial charge in [0.1, 0.15) is 0 Å². The molecule has 7 rings (SSSR count). The van der Waals surface area contributed by atoms with Crippen molar-refractivity contribution in [2.45, 2.75) is 51.4 Å². The summed E-state index contributed by atoms with van der Waals surface area (Å²) in [5.74, 6) is -3.83. The molecule has 48 heavy (non-hydrogen) atoms. The van der Waals surface area contributed by atoms with Gasteiger partial charge in [-0.2, -0.15) is 0 Å². The molecule has 0 fully saturated rings. The molecule has 0 atom stereocenters. The fraction of sp³-hybridized carbons (Fsp3) is 0.278. The van der Waals surface area contributed by atoms with Crippen LogP contribution in [0.1, 0.15) is 92.8 Å². The monoisotopic (exact) mass is 694 g/mol. The predicted octanol–water partition coefficient (Wildman–Crippen LogP) is -2.44. The second-order valence-electron chi connectivity index (χ2n) is 12.0. The van der Waals surface area contributed by atoms with Gasteiger partial charge in [0.25, 0.3) is 23.6 Å². The summed E-state index contributed by atoms with van der Waals surface area (Å²) in [5.41, 5.74) is 1.67. The molecule has 2 heterocycles. The van der Waals surface area contributed by atoms with Gasteiger partial charge in [-0.05, 0) is 95.1 Å². The minimum absolute atomic E-state index is 0. The summed E-state index contributed by atoms with van der Waals surface area (Å²) in [7, 11) is 0. The quantitative estimate of drug-likeness (QED) is 0.0459. The number of fused-ring (bicyclic) bond motifs is 2. The van der Waals surface area contributed by atoms with Crippen molar-refractivity contribution in [2.75, 3.05) is 13.1 Å². The van der Waals surface area contributed by atoms with Gasteiger partial charge in [0, 0.05) is 58.1 Å². The number of unbranched alkanes of at least 4 members (excludes halogenated alkanes) is 4. The molecule has 12 heteroatoms. The molecule has 5 aromatic rings. The van der Waals surface area contributed by atoms with Gasteiger partial charge in [-0.1, -0.05) is 37.1 Å². The summed E-state index contributed by atoms with van der Waals surface area (Å²) < 4.78 is 0. The van der Waals surface area contributed by atoms with Gasteiger partial charge in [-0.15, -0.1) is 0 Å². The Morgan fingerprint density at radius 1 is 0.438 bits per heavy atom. The maximum absolute atomic E-state index is 13.6. The summed E-state index contributed by atoms with van der Waals surface area (Å²) in [6.45, 7) is 0.365. The van der Waals surface area contributed by atoms with Gasteiger partial charge < -0.3 is 19.8 Å². The molecular formula is C36H28K2N2O8. The predicted molar refractivity (Wildman–Crippen MR) is 165 cm³/mol. The van der Waals surface area contributed by atoms with Gasteiger partial charge in [-0.25, -0.2) is 0 Å². The van der Waals surface area contributed by atoms with Crippen LogP contribution >= 0.6 is 0 Å². The van der Waals surface area contributed by atoms with Gasteiger partial charge in [0.15, 0.2) is 0 Å². The Hall–Kier alpha value is -2.11. The van der Waals surface area contributed by atoms with Gasteiger partial charge in [0.05, 0.1) is 0 Å². The first kappa shape index (κ1) is 37.2. The normalized spacial score (nSPS) is 13.9. The first-order chi connectivity index (χ1) is 22.2. The molecule has 0 saturated heterocycles. The average Bonchev–Trinajstić information content (AvgIpc) is 3.03. The van der Waals surface area contributed by atoms with Crippen molar-refractivity contribution in [3.8, 4) is 0 Å². The number of hydrogen-bond acceptors (Lipinski definition) is 8. The number of aliphatic carboxylic acids is 2. The summed E-state index contributed by atoms with van der Waals surface area (Å²) in [6.07, 6.45) is 2.74. The molecule has 0 N–H and O–H groups in total. The van der Waals surface area contributed by atoms with Crippen molar-refractivity contribution in [3.05, 3.63) is 70.8 Å².